The van der Waals surface area contributed by atoms with Crippen LogP contribution in [-0.4, -0.2) is 33.5 Å². The van der Waals surface area contributed by atoms with E-state index in [0.29, 0.717) is 11.7 Å². The summed E-state index contributed by atoms with van der Waals surface area (Å²) in [6.07, 6.45) is 0.976. The van der Waals surface area contributed by atoms with Crippen LogP contribution in [0.5, 0.6) is 0 Å². The number of aromatic nitrogens is 2. The smallest absolute Gasteiger partial charge is 0.249 e. The highest BCUT2D eigenvalue weighted by Gasteiger charge is 2.30. The molecule has 1 aliphatic heterocycles. The third kappa shape index (κ3) is 3.90. The summed E-state index contributed by atoms with van der Waals surface area (Å²) in [5, 5.41) is 6.93. The van der Waals surface area contributed by atoms with Crippen molar-refractivity contribution in [2.24, 2.45) is 5.92 Å². The quantitative estimate of drug-likeness (QED) is 0.904. The summed E-state index contributed by atoms with van der Waals surface area (Å²) in [7, 11) is 0. The van der Waals surface area contributed by atoms with E-state index in [1.807, 2.05) is 20.8 Å². The Morgan fingerprint density at radius 1 is 1.24 bits per heavy atom. The SMILES string of the molecule is Cc1noc([C@@H](NC(=O)[C@@H](C)N2CCc3ccccc3C2)C(C)C)n1. The number of carbonyl (C=O) groups excluding carboxylic acids is 1. The van der Waals surface area contributed by atoms with Gasteiger partial charge in [-0.25, -0.2) is 0 Å². The molecule has 0 radical (unpaired) electrons. The van der Waals surface area contributed by atoms with Gasteiger partial charge in [-0.3, -0.25) is 9.69 Å². The molecule has 1 aliphatic rings. The van der Waals surface area contributed by atoms with Crippen molar-refractivity contribution in [3.8, 4) is 0 Å². The normalized spacial score (nSPS) is 17.2. The van der Waals surface area contributed by atoms with Crippen LogP contribution in [0.3, 0.4) is 0 Å². The van der Waals surface area contributed by atoms with E-state index in [2.05, 4.69) is 44.6 Å². The van der Waals surface area contributed by atoms with Crippen LogP contribution in [0.4, 0.5) is 0 Å². The Kier molecular flexibility index (Phi) is 5.18. The van der Waals surface area contributed by atoms with Gasteiger partial charge in [0.1, 0.15) is 6.04 Å². The molecule has 134 valence electrons. The molecule has 0 spiro atoms. The van der Waals surface area contributed by atoms with Crippen LogP contribution in [-0.2, 0) is 17.8 Å². The fraction of sp³-hybridized carbons (Fsp3) is 0.526. The molecular weight excluding hydrogens is 316 g/mol. The molecule has 1 amide bonds. The minimum atomic E-state index is -0.270. The Morgan fingerprint density at radius 3 is 2.60 bits per heavy atom. The number of hydrogen-bond acceptors (Lipinski definition) is 5. The van der Waals surface area contributed by atoms with Crippen molar-refractivity contribution < 1.29 is 9.32 Å². The molecule has 2 aromatic rings. The number of fused-ring (bicyclic) bond motifs is 1. The van der Waals surface area contributed by atoms with Crippen molar-refractivity contribution in [3.63, 3.8) is 0 Å². The van der Waals surface area contributed by atoms with Crippen LogP contribution < -0.4 is 5.32 Å². The molecule has 0 fully saturated rings. The summed E-state index contributed by atoms with van der Waals surface area (Å²) in [6, 6.07) is 7.96. The summed E-state index contributed by atoms with van der Waals surface area (Å²) in [4.78, 5) is 19.3. The van der Waals surface area contributed by atoms with E-state index in [4.69, 9.17) is 4.52 Å². The molecule has 1 aromatic carbocycles. The van der Waals surface area contributed by atoms with Gasteiger partial charge in [0.05, 0.1) is 6.04 Å². The van der Waals surface area contributed by atoms with Crippen LogP contribution in [0.2, 0.25) is 0 Å². The van der Waals surface area contributed by atoms with E-state index >= 15 is 0 Å². The second-order valence-electron chi connectivity index (χ2n) is 7.08. The first-order chi connectivity index (χ1) is 12.0. The molecule has 6 heteroatoms. The molecule has 0 unspecified atom stereocenters. The standard InChI is InChI=1S/C19H26N4O2/c1-12(2)17(19-20-14(4)22-25-19)21-18(24)13(3)23-10-9-15-7-5-6-8-16(15)11-23/h5-8,12-13,17H,9-11H2,1-4H3,(H,21,24)/t13-,17+/m1/s1. The predicted molar refractivity (Wildman–Crippen MR) is 94.8 cm³/mol. The molecule has 0 saturated heterocycles. The molecule has 1 aromatic heterocycles. The third-order valence-electron chi connectivity index (χ3n) is 4.86. The third-order valence-corrected chi connectivity index (χ3v) is 4.86. The van der Waals surface area contributed by atoms with Crippen LogP contribution in [0, 0.1) is 12.8 Å². The lowest BCUT2D eigenvalue weighted by atomic mass is 9.98. The summed E-state index contributed by atoms with van der Waals surface area (Å²) in [5.74, 6) is 1.21. The van der Waals surface area contributed by atoms with Crippen LogP contribution in [0.15, 0.2) is 28.8 Å². The van der Waals surface area contributed by atoms with Crippen molar-refractivity contribution in [2.45, 2.75) is 52.7 Å². The first-order valence-electron chi connectivity index (χ1n) is 8.87. The van der Waals surface area contributed by atoms with E-state index in [9.17, 15) is 4.79 Å². The van der Waals surface area contributed by atoms with Gasteiger partial charge in [0.25, 0.3) is 0 Å². The summed E-state index contributed by atoms with van der Waals surface area (Å²) >= 11 is 0. The number of aryl methyl sites for hydroxylation is 1. The maximum atomic E-state index is 12.8. The molecule has 25 heavy (non-hydrogen) atoms. The van der Waals surface area contributed by atoms with Crippen molar-refractivity contribution in [1.82, 2.24) is 20.4 Å². The number of carbonyl (C=O) groups is 1. The van der Waals surface area contributed by atoms with Gasteiger partial charge in [0.2, 0.25) is 11.8 Å². The zero-order chi connectivity index (χ0) is 18.0. The second kappa shape index (κ2) is 7.35. The zero-order valence-corrected chi connectivity index (χ0v) is 15.3. The number of benzene rings is 1. The Hall–Kier alpha value is -2.21. The van der Waals surface area contributed by atoms with Crippen molar-refractivity contribution in [3.05, 3.63) is 47.1 Å². The number of hydrogen-bond donors (Lipinski definition) is 1. The van der Waals surface area contributed by atoms with Gasteiger partial charge in [0, 0.05) is 13.1 Å². The Bertz CT molecular complexity index is 741. The van der Waals surface area contributed by atoms with Gasteiger partial charge in [-0.05, 0) is 37.3 Å². The minimum absolute atomic E-state index is 0.00562. The maximum absolute atomic E-state index is 12.8. The van der Waals surface area contributed by atoms with Crippen LogP contribution >= 0.6 is 0 Å². The van der Waals surface area contributed by atoms with E-state index in [-0.39, 0.29) is 23.9 Å². The lowest BCUT2D eigenvalue weighted by Crippen LogP contribution is -2.48. The fourth-order valence-electron chi connectivity index (χ4n) is 3.24. The van der Waals surface area contributed by atoms with E-state index in [1.54, 1.807) is 6.92 Å². The lowest BCUT2D eigenvalue weighted by Gasteiger charge is -2.33. The average molecular weight is 342 g/mol. The predicted octanol–water partition coefficient (Wildman–Crippen LogP) is 2.64. The second-order valence-corrected chi connectivity index (χ2v) is 7.08. The minimum Gasteiger partial charge on any atom is -0.343 e. The van der Waals surface area contributed by atoms with Crippen molar-refractivity contribution >= 4 is 5.91 Å². The molecule has 0 bridgehead atoms. The Morgan fingerprint density at radius 2 is 1.96 bits per heavy atom. The number of rotatable bonds is 5. The van der Waals surface area contributed by atoms with E-state index in [0.717, 1.165) is 19.5 Å². The fourth-order valence-corrected chi connectivity index (χ4v) is 3.24. The first-order valence-corrected chi connectivity index (χ1v) is 8.87. The van der Waals surface area contributed by atoms with Crippen molar-refractivity contribution in [2.75, 3.05) is 6.54 Å². The monoisotopic (exact) mass is 342 g/mol. The number of amides is 1. The highest BCUT2D eigenvalue weighted by Crippen LogP contribution is 2.23. The maximum Gasteiger partial charge on any atom is 0.249 e. The molecule has 2 atom stereocenters. The lowest BCUT2D eigenvalue weighted by molar-refractivity contribution is -0.127. The molecule has 3 rings (SSSR count). The van der Waals surface area contributed by atoms with E-state index < -0.39 is 0 Å². The first kappa shape index (κ1) is 17.6. The highest BCUT2D eigenvalue weighted by atomic mass is 16.5. The zero-order valence-electron chi connectivity index (χ0n) is 15.3. The number of nitrogens with zero attached hydrogens (tertiary/aromatic N) is 3. The van der Waals surface area contributed by atoms with Gasteiger partial charge in [0.15, 0.2) is 5.82 Å². The average Bonchev–Trinajstić information content (AvgIpc) is 3.04. The van der Waals surface area contributed by atoms with E-state index in [1.165, 1.54) is 11.1 Å². The molecule has 0 saturated carbocycles. The molecule has 1 N–H and O–H groups in total. The highest BCUT2D eigenvalue weighted by molar-refractivity contribution is 5.81. The van der Waals surface area contributed by atoms with Gasteiger partial charge in [-0.2, -0.15) is 4.98 Å². The molecular formula is C19H26N4O2. The summed E-state index contributed by atoms with van der Waals surface area (Å²) < 4.78 is 5.27. The van der Waals surface area contributed by atoms with Gasteiger partial charge < -0.3 is 9.84 Å². The largest absolute Gasteiger partial charge is 0.343 e. The number of nitrogens with one attached hydrogen (secondary N) is 1. The Balaban J connectivity index is 1.68. The molecule has 2 heterocycles. The van der Waals surface area contributed by atoms with Gasteiger partial charge >= 0.3 is 0 Å². The van der Waals surface area contributed by atoms with Crippen LogP contribution in [0.1, 0.15) is 49.7 Å². The van der Waals surface area contributed by atoms with Gasteiger partial charge in [-0.1, -0.05) is 43.3 Å². The van der Waals surface area contributed by atoms with Gasteiger partial charge in [-0.15, -0.1) is 0 Å². The van der Waals surface area contributed by atoms with Crippen molar-refractivity contribution in [1.29, 1.82) is 0 Å². The summed E-state index contributed by atoms with van der Waals surface area (Å²) in [6.45, 7) is 9.49. The topological polar surface area (TPSA) is 71.3 Å². The Labute approximate surface area is 148 Å². The summed E-state index contributed by atoms with van der Waals surface area (Å²) in [5.41, 5.74) is 2.69. The molecule has 0 aliphatic carbocycles. The molecule has 6 nitrogen and oxygen atoms in total. The van der Waals surface area contributed by atoms with Crippen LogP contribution in [0.25, 0.3) is 0 Å².